The first-order valence-electron chi connectivity index (χ1n) is 12.2. The first-order valence-corrected chi connectivity index (χ1v) is 12.2. The summed E-state index contributed by atoms with van der Waals surface area (Å²) in [6.45, 7) is 3.55. The van der Waals surface area contributed by atoms with Crippen molar-refractivity contribution in [3.63, 3.8) is 0 Å². The number of Topliss-reactive ketones (excluding diaryl/α,β-unsaturated/α-hetero) is 1. The molecule has 0 saturated carbocycles. The van der Waals surface area contributed by atoms with Crippen LogP contribution in [0, 0.1) is 5.92 Å². The number of hydrogen-bond donors (Lipinski definition) is 1. The highest BCUT2D eigenvalue weighted by atomic mass is 16.7. The van der Waals surface area contributed by atoms with Crippen LogP contribution in [0.2, 0.25) is 5.82 Å². The van der Waals surface area contributed by atoms with Crippen LogP contribution >= 0.6 is 0 Å². The highest BCUT2D eigenvalue weighted by molar-refractivity contribution is 6.65. The second kappa shape index (κ2) is 10.3. The first-order chi connectivity index (χ1) is 16.7. The van der Waals surface area contributed by atoms with Gasteiger partial charge in [0.25, 0.3) is 5.91 Å². The number of carbonyl (C=O) groups excluding carboxylic acids is 3. The van der Waals surface area contributed by atoms with E-state index in [-0.39, 0.29) is 42.1 Å². The van der Waals surface area contributed by atoms with Crippen molar-refractivity contribution < 1.29 is 28.1 Å². The largest absolute Gasteiger partial charge is 0.611 e. The van der Waals surface area contributed by atoms with E-state index in [1.807, 2.05) is 37.4 Å². The van der Waals surface area contributed by atoms with Gasteiger partial charge in [0.2, 0.25) is 0 Å². The van der Waals surface area contributed by atoms with E-state index in [1.54, 1.807) is 0 Å². The summed E-state index contributed by atoms with van der Waals surface area (Å²) in [5.41, 5.74) is 1.08. The summed E-state index contributed by atoms with van der Waals surface area (Å²) < 4.78 is 12.5. The lowest BCUT2D eigenvalue weighted by molar-refractivity contribution is -0.798. The van der Waals surface area contributed by atoms with E-state index < -0.39 is 18.6 Å². The summed E-state index contributed by atoms with van der Waals surface area (Å²) in [7, 11) is 1.98. The third-order valence-electron chi connectivity index (χ3n) is 7.22. The van der Waals surface area contributed by atoms with Crippen molar-refractivity contribution in [2.45, 2.75) is 45.0 Å². The average molecular weight is 480 g/mol. The second-order valence-electron chi connectivity index (χ2n) is 10.3. The molecule has 0 spiro atoms. The topological polar surface area (TPSA) is 107 Å². The highest BCUT2D eigenvalue weighted by Crippen LogP contribution is 2.45. The van der Waals surface area contributed by atoms with Crippen LogP contribution in [0.3, 0.4) is 0 Å². The van der Waals surface area contributed by atoms with E-state index in [0.717, 1.165) is 5.56 Å². The molecule has 4 atom stereocenters. The summed E-state index contributed by atoms with van der Waals surface area (Å²) in [6.07, 6.45) is 5.44. The number of nitrogens with zero attached hydrogens (tertiary/aromatic N) is 3. The maximum Gasteiger partial charge on any atom is 0.531 e. The summed E-state index contributed by atoms with van der Waals surface area (Å²) in [6, 6.07) is 8.79. The first kappa shape index (κ1) is 25.0. The molecule has 3 heterocycles. The highest BCUT2D eigenvalue weighted by Gasteiger charge is 2.64. The Labute approximate surface area is 205 Å². The normalized spacial score (nSPS) is 25.1. The van der Waals surface area contributed by atoms with Gasteiger partial charge < -0.3 is 19.0 Å². The summed E-state index contributed by atoms with van der Waals surface area (Å²) in [5, 5.41) is 2.87. The molecule has 0 aliphatic carbocycles. The number of aromatic nitrogens is 2. The van der Waals surface area contributed by atoms with Gasteiger partial charge in [0.05, 0.1) is 25.4 Å². The van der Waals surface area contributed by atoms with Crippen molar-refractivity contribution in [3.05, 3.63) is 60.2 Å². The van der Waals surface area contributed by atoms with Gasteiger partial charge in [0, 0.05) is 19.4 Å². The molecular weight excluding hydrogens is 447 g/mol. The smallest absolute Gasteiger partial charge is 0.531 e. The SMILES string of the molecule is CC(C)C[C@H](CC(=O)[C@H](Cc1ccccc1)NC(=O)c1cnccn1)[B-]12OCC[N+]1(C)CC(=O)O2. The Hall–Kier alpha value is -3.11. The Kier molecular flexibility index (Phi) is 7.32. The lowest BCUT2D eigenvalue weighted by Crippen LogP contribution is -2.63. The molecule has 2 fully saturated rings. The Balaban J connectivity index is 1.60. The predicted molar refractivity (Wildman–Crippen MR) is 130 cm³/mol. The van der Waals surface area contributed by atoms with Gasteiger partial charge >= 0.3 is 12.7 Å². The number of nitrogens with one attached hydrogen (secondary N) is 1. The molecule has 0 radical (unpaired) electrons. The van der Waals surface area contributed by atoms with E-state index in [9.17, 15) is 14.4 Å². The van der Waals surface area contributed by atoms with Crippen molar-refractivity contribution in [1.29, 1.82) is 0 Å². The van der Waals surface area contributed by atoms with Crippen LogP contribution in [0.5, 0.6) is 0 Å². The number of hydrogen-bond acceptors (Lipinski definition) is 7. The molecule has 35 heavy (non-hydrogen) atoms. The number of amides is 1. The molecule has 9 nitrogen and oxygen atoms in total. The number of benzene rings is 1. The lowest BCUT2D eigenvalue weighted by Gasteiger charge is -2.46. The number of rotatable bonds is 10. The molecule has 1 aromatic heterocycles. The molecule has 4 rings (SSSR count). The molecule has 2 aliphatic rings. The van der Waals surface area contributed by atoms with Crippen LogP contribution in [-0.2, 0) is 25.3 Å². The Morgan fingerprint density at radius 3 is 2.66 bits per heavy atom. The molecule has 1 aromatic carbocycles. The van der Waals surface area contributed by atoms with Gasteiger partial charge in [-0.3, -0.25) is 19.4 Å². The zero-order valence-electron chi connectivity index (χ0n) is 20.6. The number of likely N-dealkylation sites (N-methyl/N-ethyl adjacent to an activating group) is 1. The second-order valence-corrected chi connectivity index (χ2v) is 10.3. The third kappa shape index (κ3) is 5.28. The summed E-state index contributed by atoms with van der Waals surface area (Å²) in [5.74, 6) is -0.888. The minimum Gasteiger partial charge on any atom is -0.611 e. The Morgan fingerprint density at radius 2 is 1.97 bits per heavy atom. The molecule has 2 saturated heterocycles. The van der Waals surface area contributed by atoms with Crippen LogP contribution in [-0.4, -0.2) is 71.5 Å². The fraction of sp³-hybridized carbons (Fsp3) is 0.480. The summed E-state index contributed by atoms with van der Waals surface area (Å²) >= 11 is 0. The molecule has 2 aromatic rings. The van der Waals surface area contributed by atoms with E-state index in [2.05, 4.69) is 29.1 Å². The molecule has 1 N–H and O–H groups in total. The number of carbonyl (C=O) groups is 3. The van der Waals surface area contributed by atoms with Gasteiger partial charge in [-0.25, -0.2) is 4.98 Å². The Bertz CT molecular complexity index is 1070. The van der Waals surface area contributed by atoms with Crippen molar-refractivity contribution in [2.24, 2.45) is 5.92 Å². The van der Waals surface area contributed by atoms with E-state index in [1.165, 1.54) is 18.6 Å². The van der Waals surface area contributed by atoms with Crippen LogP contribution in [0.1, 0.15) is 42.7 Å². The summed E-state index contributed by atoms with van der Waals surface area (Å²) in [4.78, 5) is 47.1. The third-order valence-corrected chi connectivity index (χ3v) is 7.22. The van der Waals surface area contributed by atoms with Crippen molar-refractivity contribution >= 4 is 24.3 Å². The van der Waals surface area contributed by atoms with Gasteiger partial charge in [0.15, 0.2) is 5.78 Å². The molecule has 1 amide bonds. The minimum atomic E-state index is -2.02. The van der Waals surface area contributed by atoms with Gasteiger partial charge in [-0.2, -0.15) is 0 Å². The van der Waals surface area contributed by atoms with Gasteiger partial charge in [-0.1, -0.05) is 50.6 Å². The van der Waals surface area contributed by atoms with Crippen LogP contribution in [0.4, 0.5) is 0 Å². The molecular formula is C25H33BN4O5. The van der Waals surface area contributed by atoms with Crippen molar-refractivity contribution in [1.82, 2.24) is 15.3 Å². The van der Waals surface area contributed by atoms with Crippen LogP contribution in [0.15, 0.2) is 48.9 Å². The maximum absolute atomic E-state index is 13.8. The van der Waals surface area contributed by atoms with Gasteiger partial charge in [-0.05, 0) is 30.1 Å². The molecule has 2 aliphatic heterocycles. The maximum atomic E-state index is 13.8. The fourth-order valence-corrected chi connectivity index (χ4v) is 5.57. The zero-order valence-corrected chi connectivity index (χ0v) is 20.6. The number of quaternary nitrogens is 1. The zero-order chi connectivity index (χ0) is 25.1. The predicted octanol–water partition coefficient (Wildman–Crippen LogP) is 2.17. The monoisotopic (exact) mass is 480 g/mol. The number of fused-ring (bicyclic) bond motifs is 1. The van der Waals surface area contributed by atoms with Crippen LogP contribution < -0.4 is 5.32 Å². The quantitative estimate of drug-likeness (QED) is 0.520. The molecule has 0 bridgehead atoms. The molecule has 10 heteroatoms. The Morgan fingerprint density at radius 1 is 1.20 bits per heavy atom. The van der Waals surface area contributed by atoms with Crippen LogP contribution in [0.25, 0.3) is 0 Å². The van der Waals surface area contributed by atoms with E-state index in [0.29, 0.717) is 30.4 Å². The fourth-order valence-electron chi connectivity index (χ4n) is 5.57. The van der Waals surface area contributed by atoms with Crippen molar-refractivity contribution in [2.75, 3.05) is 26.7 Å². The van der Waals surface area contributed by atoms with E-state index >= 15 is 0 Å². The van der Waals surface area contributed by atoms with Crippen molar-refractivity contribution in [3.8, 4) is 0 Å². The lowest BCUT2D eigenvalue weighted by atomic mass is 9.52. The minimum absolute atomic E-state index is 0.127. The van der Waals surface area contributed by atoms with Gasteiger partial charge in [-0.15, -0.1) is 0 Å². The molecule has 2 unspecified atom stereocenters. The number of ketones is 1. The van der Waals surface area contributed by atoms with E-state index in [4.69, 9.17) is 9.31 Å². The average Bonchev–Trinajstić information content (AvgIpc) is 3.27. The standard InChI is InChI=1S/C25H33BN4O5/c1-18(2)13-20(26-30(3,11-12-34-26)17-24(32)35-26)15-23(31)21(14-19-7-5-4-6-8-19)29-25(33)22-16-27-9-10-28-22/h4-10,16,18,20-21H,11-15,17H2,1-3H3,(H,29,33)/t20-,21+,26?,30?/m1/s1. The van der Waals surface area contributed by atoms with Gasteiger partial charge in [0.1, 0.15) is 12.2 Å². The molecule has 186 valence electrons.